The highest BCUT2D eigenvalue weighted by Crippen LogP contribution is 2.33. The van der Waals surface area contributed by atoms with E-state index in [0.29, 0.717) is 29.0 Å². The Labute approximate surface area is 286 Å². The van der Waals surface area contributed by atoms with Crippen molar-refractivity contribution < 1.29 is 14.3 Å². The zero-order valence-corrected chi connectivity index (χ0v) is 28.5. The molecule has 0 aliphatic carbocycles. The number of carbonyl (C=O) groups is 1. The fourth-order valence-corrected chi connectivity index (χ4v) is 6.27. The third-order valence-electron chi connectivity index (χ3n) is 8.10. The molecule has 0 bridgehead atoms. The number of nitrogens with one attached hydrogen (secondary N) is 1. The van der Waals surface area contributed by atoms with Crippen LogP contribution < -0.4 is 19.7 Å². The molecule has 244 valence electrons. The molecule has 0 radical (unpaired) electrons. The second kappa shape index (κ2) is 17.1. The molecular weight excluding hydrogens is 643 g/mol. The number of nitrogens with zero attached hydrogens (tertiary/aromatic N) is 3. The van der Waals surface area contributed by atoms with E-state index in [1.54, 1.807) is 0 Å². The lowest BCUT2D eigenvalue weighted by Gasteiger charge is -2.36. The van der Waals surface area contributed by atoms with Gasteiger partial charge in [0.15, 0.2) is 5.56 Å². The average Bonchev–Trinajstić information content (AvgIpc) is 3.06. The van der Waals surface area contributed by atoms with Crippen LogP contribution in [-0.2, 0) is 11.2 Å². The molecule has 46 heavy (non-hydrogen) atoms. The third-order valence-corrected chi connectivity index (χ3v) is 9.21. The molecule has 10 heteroatoms. The highest BCUT2D eigenvalue weighted by atomic mass is 35.5. The summed E-state index contributed by atoms with van der Waals surface area (Å²) in [6.07, 6.45) is 5.30. The van der Waals surface area contributed by atoms with E-state index < -0.39 is 0 Å². The predicted molar refractivity (Wildman–Crippen MR) is 190 cm³/mol. The number of hydrogen-bond donors (Lipinski definition) is 1. The van der Waals surface area contributed by atoms with Gasteiger partial charge in [-0.05, 0) is 68.1 Å². The van der Waals surface area contributed by atoms with Gasteiger partial charge < -0.3 is 19.7 Å². The van der Waals surface area contributed by atoms with Crippen molar-refractivity contribution in [3.8, 4) is 11.6 Å². The lowest BCUT2D eigenvalue weighted by Crippen LogP contribution is -2.46. The summed E-state index contributed by atoms with van der Waals surface area (Å²) in [6, 6.07) is 23.6. The number of unbranched alkanes of at least 4 members (excludes halogenated alkanes) is 1. The molecule has 7 nitrogen and oxygen atoms in total. The van der Waals surface area contributed by atoms with E-state index in [4.69, 9.17) is 44.3 Å². The van der Waals surface area contributed by atoms with Gasteiger partial charge in [-0.15, -0.1) is 0 Å². The number of halogens is 3. The van der Waals surface area contributed by atoms with Crippen LogP contribution in [0.4, 0.5) is 11.4 Å². The van der Waals surface area contributed by atoms with E-state index in [0.717, 1.165) is 92.9 Å². The summed E-state index contributed by atoms with van der Waals surface area (Å²) in [6.45, 7) is 7.79. The number of pyridine rings is 1. The highest BCUT2D eigenvalue weighted by molar-refractivity contribution is 6.43. The molecule has 1 fully saturated rings. The first-order valence-corrected chi connectivity index (χ1v) is 17.2. The molecule has 1 aromatic heterocycles. The minimum Gasteiger partial charge on any atom is -0.494 e. The maximum atomic E-state index is 11.5. The van der Waals surface area contributed by atoms with Crippen molar-refractivity contribution in [3.05, 3.63) is 88.4 Å². The number of anilines is 2. The van der Waals surface area contributed by atoms with Crippen molar-refractivity contribution in [1.82, 2.24) is 9.88 Å². The molecule has 2 aliphatic rings. The Hall–Kier alpha value is -3.23. The number of amides is 1. The summed E-state index contributed by atoms with van der Waals surface area (Å²) >= 11 is 18.5. The Morgan fingerprint density at radius 3 is 2.59 bits per heavy atom. The summed E-state index contributed by atoms with van der Waals surface area (Å²) in [4.78, 5) is 20.7. The number of carbonyl (C=O) groups excluding carboxylic acids is 1. The zero-order valence-electron chi connectivity index (χ0n) is 26.2. The lowest BCUT2D eigenvalue weighted by molar-refractivity contribution is -0.116. The van der Waals surface area contributed by atoms with Crippen molar-refractivity contribution in [2.45, 2.75) is 51.0 Å². The first kappa shape index (κ1) is 34.1. The zero-order chi connectivity index (χ0) is 32.3. The Morgan fingerprint density at radius 2 is 1.76 bits per heavy atom. The van der Waals surface area contributed by atoms with Gasteiger partial charge in [-0.25, -0.2) is 4.98 Å². The maximum Gasteiger partial charge on any atom is 0.224 e. The summed E-state index contributed by atoms with van der Waals surface area (Å²) in [5, 5.41) is 5.28. The summed E-state index contributed by atoms with van der Waals surface area (Å²) in [5.74, 6) is 1.49. The number of ether oxygens (including phenoxy) is 2. The Kier molecular flexibility index (Phi) is 12.7. The van der Waals surface area contributed by atoms with Crippen LogP contribution in [0.2, 0.25) is 10.0 Å². The number of aromatic nitrogens is 1. The molecule has 1 unspecified atom stereocenters. The quantitative estimate of drug-likeness (QED) is 0.126. The van der Waals surface area contributed by atoms with Crippen LogP contribution in [0, 0.1) is 0 Å². The number of hydrogen-bond acceptors (Lipinski definition) is 6. The fraction of sp³-hybridized carbons (Fsp3) is 0.389. The van der Waals surface area contributed by atoms with Crippen LogP contribution >= 0.6 is 34.8 Å². The SMILES string of the molecule is CCCC(Cl)Oc1ccc2ccccc2n1.O=C1CCc2ccc(OCCCCN3CCN(c4cccc(Cl)c4Cl)CC3)cc2N1. The Morgan fingerprint density at radius 1 is 0.935 bits per heavy atom. The van der Waals surface area contributed by atoms with Gasteiger partial charge in [-0.2, -0.15) is 0 Å². The van der Waals surface area contributed by atoms with Crippen LogP contribution in [0.5, 0.6) is 11.6 Å². The smallest absolute Gasteiger partial charge is 0.224 e. The van der Waals surface area contributed by atoms with Gasteiger partial charge >= 0.3 is 0 Å². The average molecular weight is 684 g/mol. The third kappa shape index (κ3) is 9.64. The van der Waals surface area contributed by atoms with Gasteiger partial charge in [0.25, 0.3) is 0 Å². The number of para-hydroxylation sites is 1. The van der Waals surface area contributed by atoms with E-state index in [1.165, 1.54) is 5.56 Å². The summed E-state index contributed by atoms with van der Waals surface area (Å²) in [7, 11) is 0. The molecule has 6 rings (SSSR count). The standard InChI is InChI=1S/C23H27Cl2N3O2.C13H14ClNO/c24-19-4-3-5-21(23(19)25)28-13-11-27(12-14-28)10-1-2-15-30-18-8-6-17-7-9-22(29)26-20(17)16-18;1-2-5-12(14)16-13-9-8-10-6-3-4-7-11(10)15-13/h3-6,8,16H,1-2,7,9-15H2,(H,26,29);3-4,6-9,12H,2,5H2,1H3. The van der Waals surface area contributed by atoms with Crippen LogP contribution in [0.3, 0.4) is 0 Å². The van der Waals surface area contributed by atoms with Crippen LogP contribution in [-0.4, -0.2) is 60.7 Å². The Balaban J connectivity index is 0.000000219. The van der Waals surface area contributed by atoms with E-state index in [2.05, 4.69) is 33.1 Å². The lowest BCUT2D eigenvalue weighted by atomic mass is 10.0. The molecule has 4 aromatic rings. The van der Waals surface area contributed by atoms with Crippen molar-refractivity contribution in [2.75, 3.05) is 49.5 Å². The molecule has 3 aromatic carbocycles. The van der Waals surface area contributed by atoms with Crippen LogP contribution in [0.1, 0.15) is 44.6 Å². The molecule has 1 amide bonds. The van der Waals surface area contributed by atoms with Crippen molar-refractivity contribution in [2.24, 2.45) is 0 Å². The van der Waals surface area contributed by atoms with Crippen molar-refractivity contribution in [1.29, 1.82) is 0 Å². The molecule has 1 atom stereocenters. The van der Waals surface area contributed by atoms with Crippen LogP contribution in [0.15, 0.2) is 72.8 Å². The minimum atomic E-state index is -0.293. The number of benzene rings is 3. The van der Waals surface area contributed by atoms with Gasteiger partial charge in [-0.3, -0.25) is 9.69 Å². The van der Waals surface area contributed by atoms with Crippen molar-refractivity contribution in [3.63, 3.8) is 0 Å². The number of aryl methyl sites for hydroxylation is 1. The molecular formula is C36H41Cl3N4O3. The highest BCUT2D eigenvalue weighted by Gasteiger charge is 2.19. The normalized spacial score (nSPS) is 15.4. The molecule has 3 heterocycles. The second-order valence-electron chi connectivity index (χ2n) is 11.5. The van der Waals surface area contributed by atoms with E-state index in [9.17, 15) is 4.79 Å². The van der Waals surface area contributed by atoms with E-state index in [-0.39, 0.29) is 11.5 Å². The molecule has 0 saturated carbocycles. The summed E-state index contributed by atoms with van der Waals surface area (Å²) in [5.41, 5.74) is 3.74. The molecule has 1 N–H and O–H groups in total. The van der Waals surface area contributed by atoms with Gasteiger partial charge in [0.1, 0.15) is 5.75 Å². The number of rotatable bonds is 11. The number of piperazine rings is 1. The second-order valence-corrected chi connectivity index (χ2v) is 12.8. The Bertz CT molecular complexity index is 1600. The van der Waals surface area contributed by atoms with E-state index in [1.807, 2.05) is 66.7 Å². The molecule has 0 spiro atoms. The topological polar surface area (TPSA) is 66.9 Å². The largest absolute Gasteiger partial charge is 0.494 e. The van der Waals surface area contributed by atoms with Gasteiger partial charge in [0.2, 0.25) is 11.8 Å². The predicted octanol–water partition coefficient (Wildman–Crippen LogP) is 8.84. The minimum absolute atomic E-state index is 0.0809. The monoisotopic (exact) mass is 682 g/mol. The number of fused-ring (bicyclic) bond motifs is 2. The van der Waals surface area contributed by atoms with Crippen LogP contribution in [0.25, 0.3) is 10.9 Å². The van der Waals surface area contributed by atoms with Gasteiger partial charge in [0, 0.05) is 55.8 Å². The molecule has 2 aliphatic heterocycles. The van der Waals surface area contributed by atoms with Gasteiger partial charge in [0.05, 0.1) is 27.9 Å². The number of alkyl halides is 1. The van der Waals surface area contributed by atoms with Crippen molar-refractivity contribution >= 4 is 63.0 Å². The van der Waals surface area contributed by atoms with Gasteiger partial charge in [-0.1, -0.05) is 78.5 Å². The first-order chi connectivity index (χ1) is 22.4. The first-order valence-electron chi connectivity index (χ1n) is 16.0. The van der Waals surface area contributed by atoms with E-state index >= 15 is 0 Å². The maximum absolute atomic E-state index is 11.5. The summed E-state index contributed by atoms with van der Waals surface area (Å²) < 4.78 is 11.4. The molecule has 1 saturated heterocycles. The fourth-order valence-electron chi connectivity index (χ4n) is 5.55.